The van der Waals surface area contributed by atoms with E-state index in [-0.39, 0.29) is 42.1 Å². The first-order valence-electron chi connectivity index (χ1n) is 4.48. The number of rotatable bonds is 1. The molecule has 0 atom stereocenters. The van der Waals surface area contributed by atoms with Gasteiger partial charge in [0.1, 0.15) is 12.4 Å². The second-order valence-electron chi connectivity index (χ2n) is 2.58. The van der Waals surface area contributed by atoms with Gasteiger partial charge in [0.25, 0.3) is 0 Å². The Hall–Kier alpha value is -2.22. The van der Waals surface area contributed by atoms with E-state index in [1.807, 2.05) is 17.8 Å². The zero-order chi connectivity index (χ0) is 16.7. The van der Waals surface area contributed by atoms with Crippen molar-refractivity contribution in [3.8, 4) is 0 Å². The van der Waals surface area contributed by atoms with Crippen LogP contribution in [-0.4, -0.2) is 19.8 Å². The van der Waals surface area contributed by atoms with Crippen LogP contribution in [0.1, 0.15) is 6.92 Å². The molecule has 0 fully saturated rings. The Kier molecular flexibility index (Phi) is 40.1. The Morgan fingerprint density at radius 2 is 1.17 bits per heavy atom. The molecule has 17 heteroatoms. The molecule has 1 aromatic rings. The van der Waals surface area contributed by atoms with Gasteiger partial charge >= 0.3 is 0 Å². The Morgan fingerprint density at radius 3 is 1.26 bits per heavy atom. The molecule has 0 amide bonds. The number of hydrogen-bond acceptors (Lipinski definition) is 9. The molecule has 23 heavy (non-hydrogen) atoms. The van der Waals surface area contributed by atoms with Crippen LogP contribution in [0.4, 0.5) is 0 Å². The quantitative estimate of drug-likeness (QED) is 0.237. The van der Waals surface area contributed by atoms with Gasteiger partial charge in [-0.25, -0.2) is 9.13 Å². The predicted octanol–water partition coefficient (Wildman–Crippen LogP) is -0.622. The van der Waals surface area contributed by atoms with Gasteiger partial charge < -0.3 is 56.9 Å². The average molecular weight is 567 g/mol. The smallest absolute Gasteiger partial charge is 0.243 e. The molecule has 1 aromatic heterocycles. The molecule has 0 aromatic carbocycles. The van der Waals surface area contributed by atoms with Crippen molar-refractivity contribution in [2.45, 2.75) is 13.5 Å². The molecule has 0 saturated heterocycles. The van der Waals surface area contributed by atoms with Crippen LogP contribution in [0.3, 0.4) is 0 Å². The molecular weight excluding hydrogens is 556 g/mol. The Balaban J connectivity index is -0.0000000428. The van der Waals surface area contributed by atoms with Crippen LogP contribution in [0.5, 0.6) is 0 Å². The van der Waals surface area contributed by atoms with Crippen molar-refractivity contribution < 1.29 is 61.9 Å². The van der Waals surface area contributed by atoms with E-state index < -0.39 is 15.3 Å². The minimum Gasteiger partial charge on any atom is -2.00 e. The minimum atomic E-state index is -1.75. The number of aryl methyl sites for hydroxylation is 2. The summed E-state index contributed by atoms with van der Waals surface area (Å²) in [7, 11) is 2.02. The molecule has 0 aliphatic heterocycles. The minimum absolute atomic E-state index is 0. The van der Waals surface area contributed by atoms with Gasteiger partial charge in [0.2, 0.25) is 6.33 Å². The largest absolute Gasteiger partial charge is 2.00 e. The van der Waals surface area contributed by atoms with E-state index in [0.29, 0.717) is 0 Å². The molecule has 0 aliphatic carbocycles. The van der Waals surface area contributed by atoms with Crippen LogP contribution < -0.4 is 4.57 Å². The average Bonchev–Trinajstić information content (AvgIpc) is 2.61. The van der Waals surface area contributed by atoms with E-state index in [0.717, 1.165) is 6.54 Å². The van der Waals surface area contributed by atoms with Crippen LogP contribution >= 0.6 is 0 Å². The number of imidazole rings is 1. The molecule has 0 unspecified atom stereocenters. The van der Waals surface area contributed by atoms with Crippen LogP contribution in [0.25, 0.3) is 0 Å². The van der Waals surface area contributed by atoms with E-state index >= 15 is 0 Å². The summed E-state index contributed by atoms with van der Waals surface area (Å²) in [6.45, 7) is 3.18. The summed E-state index contributed by atoms with van der Waals surface area (Å²) in [5, 5.41) is 44.2. The number of hydrogen-bond donors (Lipinski definition) is 0. The first-order valence-corrected chi connectivity index (χ1v) is 4.48. The van der Waals surface area contributed by atoms with Crippen LogP contribution in [0.2, 0.25) is 0 Å². The maximum absolute atomic E-state index is 8.25. The number of aromatic nitrogens is 2. The molecule has 1 heterocycles. The third kappa shape index (κ3) is 81.1. The molecule has 136 valence electrons. The fourth-order valence-corrected chi connectivity index (χ4v) is 0.689. The maximum Gasteiger partial charge on any atom is 0.243 e. The van der Waals surface area contributed by atoms with Gasteiger partial charge in [-0.05, 0) is 6.92 Å². The van der Waals surface area contributed by atoms with Crippen LogP contribution in [-0.2, 0) is 24.5 Å². The van der Waals surface area contributed by atoms with Gasteiger partial charge in [-0.15, -0.1) is 0 Å². The Bertz CT molecular complexity index is 373. The molecule has 1 rings (SSSR count). The summed E-state index contributed by atoms with van der Waals surface area (Å²) in [6, 6.07) is 0. The van der Waals surface area contributed by atoms with Gasteiger partial charge in [0, 0.05) is 31.1 Å². The van der Waals surface area contributed by atoms with Crippen molar-refractivity contribution in [3.63, 3.8) is 0 Å². The van der Waals surface area contributed by atoms with Gasteiger partial charge in [-0.1, -0.05) is 0 Å². The first-order chi connectivity index (χ1) is 9.02. The Morgan fingerprint density at radius 1 is 0.913 bits per heavy atom. The topological polar surface area (TPSA) is 264 Å². The number of nitrogens with zero attached hydrogens (tertiary/aromatic N) is 5. The van der Waals surface area contributed by atoms with Crippen molar-refractivity contribution in [1.82, 2.24) is 4.57 Å². The van der Waals surface area contributed by atoms with Crippen molar-refractivity contribution in [1.29, 1.82) is 0 Å². The first kappa shape index (κ1) is 37.2. The zero-order valence-corrected chi connectivity index (χ0v) is 15.8. The van der Waals surface area contributed by atoms with Crippen molar-refractivity contribution in [2.75, 3.05) is 0 Å². The van der Waals surface area contributed by atoms with E-state index in [9.17, 15) is 0 Å². The fraction of sp³-hybridized carbons (Fsp3) is 0.500. The molecule has 16 nitrogen and oxygen atoms in total. The van der Waals surface area contributed by atoms with Crippen LogP contribution in [0.15, 0.2) is 18.7 Å². The third-order valence-electron chi connectivity index (χ3n) is 1.19. The van der Waals surface area contributed by atoms with E-state index in [1.165, 1.54) is 0 Å². The molecular formula is C6H11N5O11U-6. The molecule has 0 radical (unpaired) electrons. The van der Waals surface area contributed by atoms with E-state index in [4.69, 9.17) is 46.0 Å². The zero-order valence-electron chi connectivity index (χ0n) is 11.7. The van der Waals surface area contributed by atoms with E-state index in [2.05, 4.69) is 24.0 Å². The van der Waals surface area contributed by atoms with Gasteiger partial charge in [0.05, 0.1) is 28.9 Å². The molecule has 0 bridgehead atoms. The maximum atomic E-state index is 8.25. The van der Waals surface area contributed by atoms with E-state index in [1.54, 1.807) is 0 Å². The summed E-state index contributed by atoms with van der Waals surface area (Å²) >= 11 is 0. The van der Waals surface area contributed by atoms with Crippen molar-refractivity contribution in [2.24, 2.45) is 7.05 Å². The van der Waals surface area contributed by atoms with Crippen molar-refractivity contribution in [3.05, 3.63) is 64.7 Å². The summed E-state index contributed by atoms with van der Waals surface area (Å²) in [5.41, 5.74) is 0. The van der Waals surface area contributed by atoms with Gasteiger partial charge in [0.15, 0.2) is 0 Å². The normalized spacial score (nSPS) is 6.52. The molecule has 0 aliphatic rings. The van der Waals surface area contributed by atoms with Crippen LogP contribution in [0, 0.1) is 77.1 Å². The second-order valence-corrected chi connectivity index (χ2v) is 2.58. The Labute approximate surface area is 151 Å². The summed E-state index contributed by atoms with van der Waals surface area (Å²) in [6.07, 6.45) is 6.14. The predicted molar refractivity (Wildman–Crippen MR) is 63.7 cm³/mol. The monoisotopic (exact) mass is 567 g/mol. The summed E-state index contributed by atoms with van der Waals surface area (Å²) < 4.78 is 4.16. The fourth-order valence-electron chi connectivity index (χ4n) is 0.689. The summed E-state index contributed by atoms with van der Waals surface area (Å²) in [4.78, 5) is 24.8. The second kappa shape index (κ2) is 24.8. The third-order valence-corrected chi connectivity index (χ3v) is 1.19. The molecule has 0 saturated carbocycles. The summed E-state index contributed by atoms with van der Waals surface area (Å²) in [5.74, 6) is 0. The standard InChI is InChI=1S/C6H11N2.3NO3.2O.U/c1-3-8-5-4-7(2)6-8;3*2-1(3)4;;;/h4-6H,3H2,1-2H3;;;;;;/q+1;3*-1;2*-2;. The molecule has 0 spiro atoms. The van der Waals surface area contributed by atoms with Crippen molar-refractivity contribution >= 4 is 0 Å². The SMILES string of the molecule is CCn1cc[n+](C)c1.O=[N+]([O-])[O-].O=[N+]([O-])[O-].O=[N+]([O-])[O-].[O-2].[O-2].[U]. The van der Waals surface area contributed by atoms with Gasteiger partial charge in [-0.3, -0.25) is 0 Å². The molecule has 0 N–H and O–H groups in total. The van der Waals surface area contributed by atoms with Gasteiger partial charge in [-0.2, -0.15) is 0 Å².